The molecule has 3 rings (SSSR count). The Bertz CT molecular complexity index is 887. The van der Waals surface area contributed by atoms with Gasteiger partial charge in [-0.05, 0) is 49.2 Å². The van der Waals surface area contributed by atoms with E-state index in [0.717, 1.165) is 0 Å². The van der Waals surface area contributed by atoms with E-state index in [1.54, 1.807) is 55.3 Å². The average Bonchev–Trinajstić information content (AvgIpc) is 2.74. The number of nitrogens with one attached hydrogen (secondary N) is 2. The zero-order valence-electron chi connectivity index (χ0n) is 16.6. The number of nitrogens with zero attached hydrogens (tertiary/aromatic N) is 1. The van der Waals surface area contributed by atoms with Crippen LogP contribution in [0.3, 0.4) is 0 Å². The molecule has 0 aromatic heterocycles. The number of rotatable bonds is 5. The van der Waals surface area contributed by atoms with Crippen molar-refractivity contribution in [2.75, 3.05) is 30.8 Å². The second-order valence-electron chi connectivity index (χ2n) is 7.00. The van der Waals surface area contributed by atoms with Gasteiger partial charge in [0.2, 0.25) is 11.8 Å². The fourth-order valence-corrected chi connectivity index (χ4v) is 3.35. The Hall–Kier alpha value is -3.35. The maximum absolute atomic E-state index is 12.5. The molecule has 1 saturated heterocycles. The number of carbonyl (C=O) groups is 3. The summed E-state index contributed by atoms with van der Waals surface area (Å²) in [4.78, 5) is 38.1. The number of hydrogen-bond acceptors (Lipinski definition) is 4. The van der Waals surface area contributed by atoms with Gasteiger partial charge in [-0.3, -0.25) is 14.4 Å². The van der Waals surface area contributed by atoms with Gasteiger partial charge in [0.05, 0.1) is 12.8 Å². The molecule has 7 nitrogen and oxygen atoms in total. The van der Waals surface area contributed by atoms with Crippen molar-refractivity contribution in [1.82, 2.24) is 4.90 Å². The Morgan fingerprint density at radius 3 is 2.24 bits per heavy atom. The lowest BCUT2D eigenvalue weighted by Crippen LogP contribution is -2.40. The third kappa shape index (κ3) is 5.13. The lowest BCUT2D eigenvalue weighted by atomic mass is 9.96. The highest BCUT2D eigenvalue weighted by atomic mass is 16.5. The summed E-state index contributed by atoms with van der Waals surface area (Å²) in [5.41, 5.74) is 1.70. The van der Waals surface area contributed by atoms with Gasteiger partial charge in [0.1, 0.15) is 5.75 Å². The summed E-state index contributed by atoms with van der Waals surface area (Å²) in [6.45, 7) is 2.76. The van der Waals surface area contributed by atoms with Gasteiger partial charge in [-0.25, -0.2) is 0 Å². The van der Waals surface area contributed by atoms with Crippen molar-refractivity contribution in [3.05, 3.63) is 54.1 Å². The lowest BCUT2D eigenvalue weighted by molar-refractivity contribution is -0.132. The maximum atomic E-state index is 12.5. The van der Waals surface area contributed by atoms with Crippen LogP contribution in [-0.4, -0.2) is 42.8 Å². The highest BCUT2D eigenvalue weighted by Crippen LogP contribution is 2.24. The van der Waals surface area contributed by atoms with E-state index >= 15 is 0 Å². The summed E-state index contributed by atoms with van der Waals surface area (Å²) in [5.74, 6) is 0.203. The normalized spacial score (nSPS) is 14.2. The van der Waals surface area contributed by atoms with Crippen molar-refractivity contribution >= 4 is 29.1 Å². The SMILES string of the molecule is COc1ccccc1NC(=O)c1ccc(NC(=O)C2CCN(C(C)=O)CC2)cc1. The van der Waals surface area contributed by atoms with Gasteiger partial charge in [-0.1, -0.05) is 12.1 Å². The number of benzene rings is 2. The zero-order chi connectivity index (χ0) is 20.8. The van der Waals surface area contributed by atoms with Crippen LogP contribution in [0.4, 0.5) is 11.4 Å². The summed E-state index contributed by atoms with van der Waals surface area (Å²) >= 11 is 0. The molecule has 1 heterocycles. The van der Waals surface area contributed by atoms with Gasteiger partial charge in [0, 0.05) is 37.2 Å². The molecule has 29 heavy (non-hydrogen) atoms. The number of anilines is 2. The first-order valence-electron chi connectivity index (χ1n) is 9.58. The van der Waals surface area contributed by atoms with Crippen molar-refractivity contribution < 1.29 is 19.1 Å². The van der Waals surface area contributed by atoms with Crippen LogP contribution in [0.25, 0.3) is 0 Å². The van der Waals surface area contributed by atoms with Crippen LogP contribution in [0.2, 0.25) is 0 Å². The number of carbonyl (C=O) groups excluding carboxylic acids is 3. The minimum absolute atomic E-state index is 0.0471. The molecular weight excluding hydrogens is 370 g/mol. The van der Waals surface area contributed by atoms with Gasteiger partial charge in [-0.15, -0.1) is 0 Å². The number of likely N-dealkylation sites (tertiary alicyclic amines) is 1. The van der Waals surface area contributed by atoms with Crippen molar-refractivity contribution in [3.63, 3.8) is 0 Å². The molecule has 0 spiro atoms. The van der Waals surface area contributed by atoms with Crippen LogP contribution < -0.4 is 15.4 Å². The van der Waals surface area contributed by atoms with Crippen LogP contribution >= 0.6 is 0 Å². The minimum Gasteiger partial charge on any atom is -0.495 e. The van der Waals surface area contributed by atoms with Gasteiger partial charge in [0.15, 0.2) is 0 Å². The van der Waals surface area contributed by atoms with Crippen molar-refractivity contribution in [2.45, 2.75) is 19.8 Å². The molecule has 3 amide bonds. The van der Waals surface area contributed by atoms with Crippen molar-refractivity contribution in [3.8, 4) is 5.75 Å². The van der Waals surface area contributed by atoms with Gasteiger partial charge < -0.3 is 20.3 Å². The molecule has 0 unspecified atom stereocenters. The molecule has 0 bridgehead atoms. The predicted molar refractivity (Wildman–Crippen MR) is 111 cm³/mol. The predicted octanol–water partition coefficient (Wildman–Crippen LogP) is 3.14. The molecule has 1 fully saturated rings. The second kappa shape index (κ2) is 9.23. The number of para-hydroxylation sites is 2. The van der Waals surface area contributed by atoms with E-state index in [9.17, 15) is 14.4 Å². The first-order chi connectivity index (χ1) is 14.0. The topological polar surface area (TPSA) is 87.7 Å². The van der Waals surface area contributed by atoms with E-state index < -0.39 is 0 Å². The average molecular weight is 395 g/mol. The van der Waals surface area contributed by atoms with Crippen LogP contribution in [0.15, 0.2) is 48.5 Å². The zero-order valence-corrected chi connectivity index (χ0v) is 16.6. The summed E-state index contributed by atoms with van der Waals surface area (Å²) < 4.78 is 5.24. The molecule has 0 atom stereocenters. The fourth-order valence-electron chi connectivity index (χ4n) is 3.35. The molecule has 1 aliphatic heterocycles. The van der Waals surface area contributed by atoms with Crippen LogP contribution in [0, 0.1) is 5.92 Å². The second-order valence-corrected chi connectivity index (χ2v) is 7.00. The summed E-state index contributed by atoms with van der Waals surface area (Å²) in [6, 6.07) is 13.9. The van der Waals surface area contributed by atoms with Crippen molar-refractivity contribution in [2.24, 2.45) is 5.92 Å². The van der Waals surface area contributed by atoms with Gasteiger partial charge in [-0.2, -0.15) is 0 Å². The third-order valence-corrected chi connectivity index (χ3v) is 5.08. The first-order valence-corrected chi connectivity index (χ1v) is 9.58. The van der Waals surface area contributed by atoms with Crippen molar-refractivity contribution in [1.29, 1.82) is 0 Å². The van der Waals surface area contributed by atoms with Gasteiger partial charge in [0.25, 0.3) is 5.91 Å². The Labute approximate surface area is 170 Å². The molecule has 0 radical (unpaired) electrons. The Kier molecular flexibility index (Phi) is 6.49. The van der Waals surface area contributed by atoms with E-state index in [4.69, 9.17) is 4.74 Å². The van der Waals surface area contributed by atoms with Crippen LogP contribution in [0.1, 0.15) is 30.1 Å². The molecular formula is C22H25N3O4. The van der Waals surface area contributed by atoms with E-state index in [1.165, 1.54) is 0 Å². The van der Waals surface area contributed by atoms with Gasteiger partial charge >= 0.3 is 0 Å². The van der Waals surface area contributed by atoms with E-state index in [-0.39, 0.29) is 23.6 Å². The number of amides is 3. The first kappa shape index (κ1) is 20.4. The number of methoxy groups -OCH3 is 1. The smallest absolute Gasteiger partial charge is 0.255 e. The monoisotopic (exact) mass is 395 g/mol. The Morgan fingerprint density at radius 2 is 1.62 bits per heavy atom. The standard InChI is InChI=1S/C22H25N3O4/c1-15(26)25-13-11-17(12-14-25)21(27)23-18-9-7-16(8-10-18)22(28)24-19-5-3-4-6-20(19)29-2/h3-10,17H,11-14H2,1-2H3,(H,23,27)(H,24,28). The molecule has 0 aliphatic carbocycles. The molecule has 7 heteroatoms. The largest absolute Gasteiger partial charge is 0.495 e. The molecule has 2 N–H and O–H groups in total. The summed E-state index contributed by atoms with van der Waals surface area (Å²) in [6.07, 6.45) is 1.32. The van der Waals surface area contributed by atoms with E-state index in [0.29, 0.717) is 48.6 Å². The van der Waals surface area contributed by atoms with E-state index in [1.807, 2.05) is 12.1 Å². The third-order valence-electron chi connectivity index (χ3n) is 5.08. The lowest BCUT2D eigenvalue weighted by Gasteiger charge is -2.30. The fraction of sp³-hybridized carbons (Fsp3) is 0.318. The summed E-state index contributed by atoms with van der Waals surface area (Å²) in [5, 5.41) is 5.72. The van der Waals surface area contributed by atoms with E-state index in [2.05, 4.69) is 10.6 Å². The molecule has 1 aliphatic rings. The summed E-state index contributed by atoms with van der Waals surface area (Å²) in [7, 11) is 1.55. The molecule has 2 aromatic carbocycles. The maximum Gasteiger partial charge on any atom is 0.255 e. The van der Waals surface area contributed by atoms with Crippen LogP contribution in [0.5, 0.6) is 5.75 Å². The molecule has 0 saturated carbocycles. The quantitative estimate of drug-likeness (QED) is 0.814. The number of piperidine rings is 1. The highest BCUT2D eigenvalue weighted by Gasteiger charge is 2.26. The Balaban J connectivity index is 1.56. The Morgan fingerprint density at radius 1 is 0.966 bits per heavy atom. The number of ether oxygens (including phenoxy) is 1. The molecule has 152 valence electrons. The number of hydrogen-bond donors (Lipinski definition) is 2. The minimum atomic E-state index is -0.260. The highest BCUT2D eigenvalue weighted by molar-refractivity contribution is 6.05. The van der Waals surface area contributed by atoms with Crippen LogP contribution in [-0.2, 0) is 9.59 Å². The molecule has 2 aromatic rings.